The van der Waals surface area contributed by atoms with Crippen LogP contribution >= 0.6 is 0 Å². The van der Waals surface area contributed by atoms with E-state index in [4.69, 9.17) is 9.72 Å². The van der Waals surface area contributed by atoms with Crippen LogP contribution in [0.2, 0.25) is 0 Å². The van der Waals surface area contributed by atoms with Gasteiger partial charge >= 0.3 is 0 Å². The molecular formula is C29H33N7O3. The molecule has 4 aromatic rings. The number of aromatic nitrogens is 4. The fourth-order valence-electron chi connectivity index (χ4n) is 5.21. The van der Waals surface area contributed by atoms with Gasteiger partial charge in [-0.2, -0.15) is 0 Å². The number of carbonyl (C=O) groups is 1. The highest BCUT2D eigenvalue weighted by Gasteiger charge is 2.23. The molecule has 5 rings (SSSR count). The van der Waals surface area contributed by atoms with E-state index in [1.54, 1.807) is 12.4 Å². The minimum Gasteiger partial charge on any atom is -0.480 e. The fourth-order valence-corrected chi connectivity index (χ4v) is 5.21. The van der Waals surface area contributed by atoms with Crippen molar-refractivity contribution in [3.05, 3.63) is 70.4 Å². The Kier molecular flexibility index (Phi) is 7.83. The van der Waals surface area contributed by atoms with Gasteiger partial charge in [-0.25, -0.2) is 9.97 Å². The molecule has 3 N–H and O–H groups in total. The lowest BCUT2D eigenvalue weighted by atomic mass is 9.86. The van der Waals surface area contributed by atoms with Crippen LogP contribution in [0, 0.1) is 6.92 Å². The van der Waals surface area contributed by atoms with Gasteiger partial charge in [0.1, 0.15) is 11.5 Å². The maximum Gasteiger partial charge on any atom is 0.259 e. The Hall–Kier alpha value is -4.31. The molecular weight excluding hydrogens is 494 g/mol. The summed E-state index contributed by atoms with van der Waals surface area (Å²) in [6.45, 7) is 6.98. The summed E-state index contributed by atoms with van der Waals surface area (Å²) in [6.07, 6.45) is 6.80. The van der Waals surface area contributed by atoms with Gasteiger partial charge in [0, 0.05) is 18.4 Å². The zero-order chi connectivity index (χ0) is 27.4. The van der Waals surface area contributed by atoms with Crippen LogP contribution in [0.1, 0.15) is 36.8 Å². The third-order valence-corrected chi connectivity index (χ3v) is 7.14. The van der Waals surface area contributed by atoms with Crippen molar-refractivity contribution in [3.63, 3.8) is 0 Å². The number of likely N-dealkylation sites (tertiary alicyclic amines) is 1. The number of aromatic amines is 1. The van der Waals surface area contributed by atoms with Gasteiger partial charge < -0.3 is 20.4 Å². The zero-order valence-electron chi connectivity index (χ0n) is 22.5. The average Bonchev–Trinajstić information content (AvgIpc) is 2.94. The average molecular weight is 528 g/mol. The van der Waals surface area contributed by atoms with Crippen molar-refractivity contribution in [2.45, 2.75) is 32.6 Å². The number of nitrogens with one attached hydrogen (secondary N) is 3. The van der Waals surface area contributed by atoms with Gasteiger partial charge in [-0.1, -0.05) is 6.07 Å². The van der Waals surface area contributed by atoms with E-state index in [0.717, 1.165) is 37.0 Å². The molecule has 0 bridgehead atoms. The molecule has 0 radical (unpaired) electrons. The van der Waals surface area contributed by atoms with E-state index in [2.05, 4.69) is 49.5 Å². The predicted octanol–water partition coefficient (Wildman–Crippen LogP) is 3.76. The zero-order valence-corrected chi connectivity index (χ0v) is 22.5. The van der Waals surface area contributed by atoms with Crippen LogP contribution in [0.5, 0.6) is 5.88 Å². The first-order valence-corrected chi connectivity index (χ1v) is 13.2. The van der Waals surface area contributed by atoms with Gasteiger partial charge in [0.2, 0.25) is 11.8 Å². The van der Waals surface area contributed by atoms with E-state index in [-0.39, 0.29) is 11.5 Å². The van der Waals surface area contributed by atoms with Crippen LogP contribution in [0.3, 0.4) is 0 Å². The molecule has 39 heavy (non-hydrogen) atoms. The monoisotopic (exact) mass is 527 g/mol. The Balaban J connectivity index is 1.38. The minimum absolute atomic E-state index is 0.0880. The maximum absolute atomic E-state index is 12.8. The largest absolute Gasteiger partial charge is 0.480 e. The molecule has 0 saturated carbocycles. The Morgan fingerprint density at radius 1 is 1.13 bits per heavy atom. The Labute approximate surface area is 226 Å². The second-order valence-electron chi connectivity index (χ2n) is 9.77. The smallest absolute Gasteiger partial charge is 0.259 e. The maximum atomic E-state index is 12.8. The van der Waals surface area contributed by atoms with Gasteiger partial charge in [-0.3, -0.25) is 19.5 Å². The van der Waals surface area contributed by atoms with Crippen molar-refractivity contribution in [1.29, 1.82) is 0 Å². The quantitative estimate of drug-likeness (QED) is 0.316. The van der Waals surface area contributed by atoms with E-state index in [1.807, 2.05) is 25.1 Å². The highest BCUT2D eigenvalue weighted by molar-refractivity contribution is 5.94. The number of methoxy groups -OCH3 is 1. The number of benzene rings is 1. The van der Waals surface area contributed by atoms with Gasteiger partial charge in [-0.05, 0) is 86.5 Å². The standard InChI is InChI=1S/C29H33N7O3/c1-4-31-25(37)17-36-11-8-19(9-12-36)22-6-5-21(13-18(22)2)33-28-27-20(7-10-32-29(27)38)14-23(35-28)24-15-30-16-26(34-24)39-3/h5-7,10,13-16,19H,4,8-9,11-12,17H2,1-3H3,(H,31,37)(H,32,38)(H,33,35). The van der Waals surface area contributed by atoms with E-state index in [9.17, 15) is 9.59 Å². The molecule has 10 heteroatoms. The molecule has 1 aromatic carbocycles. The summed E-state index contributed by atoms with van der Waals surface area (Å²) in [5.41, 5.74) is 4.23. The molecule has 1 aliphatic rings. The highest BCUT2D eigenvalue weighted by Crippen LogP contribution is 2.33. The number of ether oxygens (including phenoxy) is 1. The van der Waals surface area contributed by atoms with Crippen molar-refractivity contribution in [1.82, 2.24) is 30.2 Å². The van der Waals surface area contributed by atoms with Gasteiger partial charge in [-0.15, -0.1) is 0 Å². The van der Waals surface area contributed by atoms with Gasteiger partial charge in [0.25, 0.3) is 5.56 Å². The lowest BCUT2D eigenvalue weighted by Crippen LogP contribution is -2.41. The summed E-state index contributed by atoms with van der Waals surface area (Å²) < 4.78 is 5.22. The second-order valence-corrected chi connectivity index (χ2v) is 9.77. The first-order chi connectivity index (χ1) is 18.9. The molecule has 4 heterocycles. The summed E-state index contributed by atoms with van der Waals surface area (Å²) >= 11 is 0. The molecule has 0 aliphatic carbocycles. The topological polar surface area (TPSA) is 125 Å². The number of hydrogen-bond acceptors (Lipinski definition) is 8. The number of piperidine rings is 1. The summed E-state index contributed by atoms with van der Waals surface area (Å²) in [7, 11) is 1.54. The normalized spacial score (nSPS) is 14.3. The van der Waals surface area contributed by atoms with Crippen LogP contribution < -0.4 is 20.9 Å². The molecule has 3 aromatic heterocycles. The van der Waals surface area contributed by atoms with Crippen molar-refractivity contribution in [2.24, 2.45) is 0 Å². The molecule has 1 fully saturated rings. The predicted molar refractivity (Wildman–Crippen MR) is 152 cm³/mol. The lowest BCUT2D eigenvalue weighted by Gasteiger charge is -2.32. The van der Waals surface area contributed by atoms with Crippen molar-refractivity contribution in [3.8, 4) is 17.3 Å². The number of fused-ring (bicyclic) bond motifs is 1. The number of carbonyl (C=O) groups excluding carboxylic acids is 1. The summed E-state index contributed by atoms with van der Waals surface area (Å²) in [6, 6.07) is 9.95. The number of likely N-dealkylation sites (N-methyl/N-ethyl adjacent to an activating group) is 1. The first kappa shape index (κ1) is 26.3. The number of amides is 1. The Bertz CT molecular complexity index is 1540. The second kappa shape index (κ2) is 11.6. The van der Waals surface area contributed by atoms with Crippen LogP contribution in [-0.4, -0.2) is 64.0 Å². The Morgan fingerprint density at radius 2 is 1.95 bits per heavy atom. The van der Waals surface area contributed by atoms with Crippen LogP contribution in [0.4, 0.5) is 11.5 Å². The van der Waals surface area contributed by atoms with E-state index >= 15 is 0 Å². The van der Waals surface area contributed by atoms with E-state index in [0.29, 0.717) is 47.5 Å². The van der Waals surface area contributed by atoms with Crippen LogP contribution in [0.15, 0.2) is 53.7 Å². The van der Waals surface area contributed by atoms with Gasteiger partial charge in [0.15, 0.2) is 0 Å². The number of H-pyrrole nitrogens is 1. The molecule has 0 spiro atoms. The molecule has 1 amide bonds. The van der Waals surface area contributed by atoms with E-state index < -0.39 is 0 Å². The van der Waals surface area contributed by atoms with E-state index in [1.165, 1.54) is 24.4 Å². The number of hydrogen-bond donors (Lipinski definition) is 3. The third kappa shape index (κ3) is 5.91. The Morgan fingerprint density at radius 3 is 2.69 bits per heavy atom. The fraction of sp³-hybridized carbons (Fsp3) is 0.345. The van der Waals surface area contributed by atoms with Gasteiger partial charge in [0.05, 0.1) is 37.1 Å². The minimum atomic E-state index is -0.224. The molecule has 1 aliphatic heterocycles. The molecule has 0 atom stereocenters. The number of nitrogens with zero attached hydrogens (tertiary/aromatic N) is 4. The van der Waals surface area contributed by atoms with Crippen LogP contribution in [0.25, 0.3) is 22.2 Å². The molecule has 1 saturated heterocycles. The number of anilines is 2. The molecule has 202 valence electrons. The first-order valence-electron chi connectivity index (χ1n) is 13.2. The van der Waals surface area contributed by atoms with Crippen LogP contribution in [-0.2, 0) is 4.79 Å². The molecule has 0 unspecified atom stereocenters. The lowest BCUT2D eigenvalue weighted by molar-refractivity contribution is -0.122. The van der Waals surface area contributed by atoms with Crippen molar-refractivity contribution >= 4 is 28.2 Å². The third-order valence-electron chi connectivity index (χ3n) is 7.14. The number of rotatable bonds is 8. The summed E-state index contributed by atoms with van der Waals surface area (Å²) in [4.78, 5) is 43.1. The van der Waals surface area contributed by atoms with Crippen molar-refractivity contribution < 1.29 is 9.53 Å². The summed E-state index contributed by atoms with van der Waals surface area (Å²) in [5.74, 6) is 1.36. The summed E-state index contributed by atoms with van der Waals surface area (Å²) in [5, 5.41) is 7.46. The number of pyridine rings is 2. The number of aryl methyl sites for hydroxylation is 1. The molecule has 10 nitrogen and oxygen atoms in total. The SMILES string of the molecule is CCNC(=O)CN1CCC(c2ccc(Nc3nc(-c4cncc(OC)n4)cc4cc[nH]c(=O)c34)cc2C)CC1. The highest BCUT2D eigenvalue weighted by atomic mass is 16.5. The van der Waals surface area contributed by atoms with Crippen molar-refractivity contribution in [2.75, 3.05) is 38.6 Å².